The number of aliphatic hydroxyl groups excluding tert-OH is 1. The number of rotatable bonds is 9. The Balaban J connectivity index is 1.31. The van der Waals surface area contributed by atoms with Gasteiger partial charge in [0.2, 0.25) is 11.8 Å². The summed E-state index contributed by atoms with van der Waals surface area (Å²) in [6.07, 6.45) is 4.19. The van der Waals surface area contributed by atoms with Crippen LogP contribution in [0.25, 0.3) is 22.2 Å². The van der Waals surface area contributed by atoms with Crippen molar-refractivity contribution in [2.75, 3.05) is 0 Å². The van der Waals surface area contributed by atoms with Gasteiger partial charge in [-0.05, 0) is 61.1 Å². The van der Waals surface area contributed by atoms with Crippen molar-refractivity contribution in [3.8, 4) is 11.1 Å². The minimum Gasteiger partial charge on any atom is -0.438 e. The van der Waals surface area contributed by atoms with Gasteiger partial charge in [0.25, 0.3) is 5.91 Å². The topological polar surface area (TPSA) is 104 Å². The molecule has 1 heterocycles. The average molecular weight is 560 g/mol. The Labute approximate surface area is 238 Å². The van der Waals surface area contributed by atoms with E-state index in [4.69, 9.17) is 16.0 Å². The molecule has 1 fully saturated rings. The summed E-state index contributed by atoms with van der Waals surface area (Å²) in [5, 5.41) is 17.7. The number of amides is 2. The zero-order valence-electron chi connectivity index (χ0n) is 22.5. The highest BCUT2D eigenvalue weighted by molar-refractivity contribution is 6.33. The van der Waals surface area contributed by atoms with E-state index in [2.05, 4.69) is 15.6 Å². The SMILES string of the molecule is CCC(NC(=O)C(NC(=O)c1ccc(-c2ccccc2Cl)cc1)C1CCCCC1)C(O)c1nc2ccccc2o1. The number of oxazole rings is 1. The van der Waals surface area contributed by atoms with E-state index in [0.717, 1.165) is 43.2 Å². The van der Waals surface area contributed by atoms with Crippen molar-refractivity contribution in [1.82, 2.24) is 15.6 Å². The Kier molecular flexibility index (Phi) is 8.82. The molecule has 3 atom stereocenters. The standard InChI is InChI=1S/C32H34ClN3O4/c1-2-25(29(37)32-35-26-14-8-9-15-27(26)40-32)34-31(39)28(21-10-4-3-5-11-21)36-30(38)22-18-16-20(17-19-22)23-12-6-7-13-24(23)33/h6-9,12-19,21,25,28-29,37H,2-5,10-11H2,1H3,(H,34,39)(H,36,38). The molecule has 1 aromatic heterocycles. The predicted octanol–water partition coefficient (Wildman–Crippen LogP) is 6.46. The quantitative estimate of drug-likeness (QED) is 0.218. The van der Waals surface area contributed by atoms with Gasteiger partial charge in [0.05, 0.1) is 6.04 Å². The Bertz CT molecular complexity index is 1430. The fourth-order valence-electron chi connectivity index (χ4n) is 5.45. The lowest BCUT2D eigenvalue weighted by atomic mass is 9.83. The molecule has 7 nitrogen and oxygen atoms in total. The van der Waals surface area contributed by atoms with Crippen molar-refractivity contribution in [2.24, 2.45) is 5.92 Å². The Morgan fingerprint density at radius 3 is 2.38 bits per heavy atom. The van der Waals surface area contributed by atoms with Crippen LogP contribution in [0.15, 0.2) is 77.2 Å². The second-order valence-corrected chi connectivity index (χ2v) is 10.8. The molecular formula is C32H34ClN3O4. The number of carbonyl (C=O) groups excluding carboxylic acids is 2. The summed E-state index contributed by atoms with van der Waals surface area (Å²) in [5.74, 6) is -0.455. The van der Waals surface area contributed by atoms with E-state index in [0.29, 0.717) is 28.1 Å². The monoisotopic (exact) mass is 559 g/mol. The molecule has 0 radical (unpaired) electrons. The molecule has 40 heavy (non-hydrogen) atoms. The molecule has 0 saturated heterocycles. The van der Waals surface area contributed by atoms with Crippen molar-refractivity contribution in [3.05, 3.63) is 89.3 Å². The molecule has 0 spiro atoms. The lowest BCUT2D eigenvalue weighted by molar-refractivity contribution is -0.126. The molecule has 2 amide bonds. The van der Waals surface area contributed by atoms with E-state index in [-0.39, 0.29) is 23.6 Å². The van der Waals surface area contributed by atoms with Gasteiger partial charge in [0.15, 0.2) is 11.7 Å². The number of aliphatic hydroxyl groups is 1. The van der Waals surface area contributed by atoms with Crippen LogP contribution in [0.4, 0.5) is 0 Å². The zero-order chi connectivity index (χ0) is 28.1. The summed E-state index contributed by atoms with van der Waals surface area (Å²) in [5.41, 5.74) is 3.47. The van der Waals surface area contributed by atoms with Crippen molar-refractivity contribution in [1.29, 1.82) is 0 Å². The molecule has 3 unspecified atom stereocenters. The highest BCUT2D eigenvalue weighted by Crippen LogP contribution is 2.30. The number of hydrogen-bond acceptors (Lipinski definition) is 5. The van der Waals surface area contributed by atoms with Gasteiger partial charge >= 0.3 is 0 Å². The number of halogens is 1. The fraction of sp³-hybridized carbons (Fsp3) is 0.344. The summed E-state index contributed by atoms with van der Waals surface area (Å²) in [6.45, 7) is 1.88. The third-order valence-corrected chi connectivity index (χ3v) is 8.06. The van der Waals surface area contributed by atoms with Gasteiger partial charge in [-0.15, -0.1) is 0 Å². The van der Waals surface area contributed by atoms with Crippen LogP contribution in [-0.2, 0) is 4.79 Å². The highest BCUT2D eigenvalue weighted by atomic mass is 35.5. The molecule has 0 bridgehead atoms. The first-order valence-electron chi connectivity index (χ1n) is 13.9. The summed E-state index contributed by atoms with van der Waals surface area (Å²) in [6, 6.07) is 20.7. The Hall–Kier alpha value is -3.68. The molecule has 3 aromatic carbocycles. The van der Waals surface area contributed by atoms with Crippen LogP contribution >= 0.6 is 11.6 Å². The molecule has 0 aliphatic heterocycles. The second kappa shape index (κ2) is 12.7. The van der Waals surface area contributed by atoms with Gasteiger partial charge in [-0.3, -0.25) is 9.59 Å². The summed E-state index contributed by atoms with van der Waals surface area (Å²) >= 11 is 6.33. The van der Waals surface area contributed by atoms with Gasteiger partial charge in [-0.1, -0.05) is 80.3 Å². The minimum absolute atomic E-state index is 0.0130. The fourth-order valence-corrected chi connectivity index (χ4v) is 5.70. The number of benzene rings is 3. The van der Waals surface area contributed by atoms with Crippen LogP contribution in [0.1, 0.15) is 67.8 Å². The maximum absolute atomic E-state index is 13.7. The number of nitrogens with zero attached hydrogens (tertiary/aromatic N) is 1. The molecule has 1 aliphatic rings. The number of aromatic nitrogens is 1. The van der Waals surface area contributed by atoms with E-state index >= 15 is 0 Å². The number of carbonyl (C=O) groups is 2. The molecule has 208 valence electrons. The van der Waals surface area contributed by atoms with Crippen molar-refractivity contribution in [2.45, 2.75) is 63.6 Å². The molecular weight excluding hydrogens is 526 g/mol. The highest BCUT2D eigenvalue weighted by Gasteiger charge is 2.34. The van der Waals surface area contributed by atoms with E-state index in [1.54, 1.807) is 18.2 Å². The smallest absolute Gasteiger partial charge is 0.251 e. The molecule has 1 aliphatic carbocycles. The first-order chi connectivity index (χ1) is 19.4. The molecule has 8 heteroatoms. The number of hydrogen-bond donors (Lipinski definition) is 3. The Morgan fingerprint density at radius 1 is 0.975 bits per heavy atom. The van der Waals surface area contributed by atoms with Gasteiger partial charge in [0, 0.05) is 16.1 Å². The maximum atomic E-state index is 13.7. The van der Waals surface area contributed by atoms with Crippen LogP contribution in [-0.4, -0.2) is 34.0 Å². The second-order valence-electron chi connectivity index (χ2n) is 10.4. The van der Waals surface area contributed by atoms with E-state index < -0.39 is 18.2 Å². The molecule has 3 N–H and O–H groups in total. The van der Waals surface area contributed by atoms with E-state index in [1.165, 1.54) is 0 Å². The largest absolute Gasteiger partial charge is 0.438 e. The summed E-state index contributed by atoms with van der Waals surface area (Å²) in [7, 11) is 0. The van der Waals surface area contributed by atoms with E-state index in [1.807, 2.05) is 61.5 Å². The first-order valence-corrected chi connectivity index (χ1v) is 14.3. The van der Waals surface area contributed by atoms with Crippen molar-refractivity contribution >= 4 is 34.5 Å². The van der Waals surface area contributed by atoms with Crippen LogP contribution in [0.3, 0.4) is 0 Å². The van der Waals surface area contributed by atoms with Gasteiger partial charge < -0.3 is 20.2 Å². The normalized spacial score (nSPS) is 16.3. The minimum atomic E-state index is -1.12. The Morgan fingerprint density at radius 2 is 1.68 bits per heavy atom. The zero-order valence-corrected chi connectivity index (χ0v) is 23.2. The summed E-state index contributed by atoms with van der Waals surface area (Å²) < 4.78 is 5.75. The summed E-state index contributed by atoms with van der Waals surface area (Å²) in [4.78, 5) is 31.4. The molecule has 5 rings (SSSR count). The first kappa shape index (κ1) is 27.9. The van der Waals surface area contributed by atoms with Gasteiger partial charge in [-0.2, -0.15) is 0 Å². The maximum Gasteiger partial charge on any atom is 0.251 e. The number of nitrogens with one attached hydrogen (secondary N) is 2. The number of para-hydroxylation sites is 2. The number of fused-ring (bicyclic) bond motifs is 1. The van der Waals surface area contributed by atoms with Crippen LogP contribution < -0.4 is 10.6 Å². The molecule has 4 aromatic rings. The third kappa shape index (κ3) is 6.21. The van der Waals surface area contributed by atoms with E-state index in [9.17, 15) is 14.7 Å². The molecule has 1 saturated carbocycles. The van der Waals surface area contributed by atoms with Gasteiger partial charge in [0.1, 0.15) is 11.6 Å². The lowest BCUT2D eigenvalue weighted by Gasteiger charge is -2.32. The third-order valence-electron chi connectivity index (χ3n) is 7.73. The van der Waals surface area contributed by atoms with Crippen LogP contribution in [0, 0.1) is 5.92 Å². The van der Waals surface area contributed by atoms with Crippen molar-refractivity contribution in [3.63, 3.8) is 0 Å². The van der Waals surface area contributed by atoms with Crippen LogP contribution in [0.2, 0.25) is 5.02 Å². The average Bonchev–Trinajstić information content (AvgIpc) is 3.43. The van der Waals surface area contributed by atoms with Crippen LogP contribution in [0.5, 0.6) is 0 Å². The van der Waals surface area contributed by atoms with Gasteiger partial charge in [-0.25, -0.2) is 4.98 Å². The lowest BCUT2D eigenvalue weighted by Crippen LogP contribution is -2.54. The van der Waals surface area contributed by atoms with Crippen molar-refractivity contribution < 1.29 is 19.1 Å². The predicted molar refractivity (Wildman–Crippen MR) is 156 cm³/mol.